The molecule has 8 nitrogen and oxygen atoms in total. The lowest BCUT2D eigenvalue weighted by Crippen LogP contribution is -2.40. The highest BCUT2D eigenvalue weighted by atomic mass is 35.5. The molecule has 128 valence electrons. The molecular formula is C15H20ClN7O. The first kappa shape index (κ1) is 16.5. The molecule has 0 aromatic carbocycles. The summed E-state index contributed by atoms with van der Waals surface area (Å²) < 4.78 is 1.68. The number of nitrogens with two attached hydrogens (primary N) is 1. The Labute approximate surface area is 144 Å². The number of anilines is 3. The average molecular weight is 350 g/mol. The lowest BCUT2D eigenvalue weighted by molar-refractivity contribution is -0.122. The van der Waals surface area contributed by atoms with E-state index in [1.807, 2.05) is 13.2 Å². The van der Waals surface area contributed by atoms with Gasteiger partial charge in [-0.2, -0.15) is 10.1 Å². The second-order valence-corrected chi connectivity index (χ2v) is 6.37. The van der Waals surface area contributed by atoms with E-state index in [0.717, 1.165) is 31.4 Å². The SMILES string of the molecule is Cn1cc(Nc2ncc(Cl)c(N[C@@H]3CCCC[C@@H]3C(N)=O)n2)cn1. The van der Waals surface area contributed by atoms with Crippen molar-refractivity contribution in [1.29, 1.82) is 0 Å². The number of aryl methyl sites for hydroxylation is 1. The van der Waals surface area contributed by atoms with Crippen LogP contribution in [0.15, 0.2) is 18.6 Å². The van der Waals surface area contributed by atoms with Crippen LogP contribution in [0.3, 0.4) is 0 Å². The fourth-order valence-electron chi connectivity index (χ4n) is 2.96. The minimum atomic E-state index is -0.286. The number of amides is 1. The van der Waals surface area contributed by atoms with Crippen molar-refractivity contribution in [2.24, 2.45) is 18.7 Å². The highest BCUT2D eigenvalue weighted by Crippen LogP contribution is 2.29. The van der Waals surface area contributed by atoms with Gasteiger partial charge in [-0.25, -0.2) is 4.98 Å². The number of hydrogen-bond donors (Lipinski definition) is 3. The summed E-state index contributed by atoms with van der Waals surface area (Å²) in [6, 6.07) is -0.0603. The predicted molar refractivity (Wildman–Crippen MR) is 92.1 cm³/mol. The van der Waals surface area contributed by atoms with Gasteiger partial charge in [0.15, 0.2) is 5.82 Å². The number of nitrogens with one attached hydrogen (secondary N) is 2. The first-order valence-corrected chi connectivity index (χ1v) is 8.25. The third-order valence-corrected chi connectivity index (χ3v) is 4.44. The number of nitrogens with zero attached hydrogens (tertiary/aromatic N) is 4. The first-order chi connectivity index (χ1) is 11.5. The van der Waals surface area contributed by atoms with E-state index >= 15 is 0 Å². The number of rotatable bonds is 5. The second-order valence-electron chi connectivity index (χ2n) is 5.96. The molecule has 0 saturated heterocycles. The maximum absolute atomic E-state index is 11.6. The Hall–Kier alpha value is -2.35. The van der Waals surface area contributed by atoms with Crippen LogP contribution in [0.2, 0.25) is 5.02 Å². The van der Waals surface area contributed by atoms with Crippen molar-refractivity contribution in [3.8, 4) is 0 Å². The summed E-state index contributed by atoms with van der Waals surface area (Å²) in [5.41, 5.74) is 6.29. The standard InChI is InChI=1S/C15H20ClN7O/c1-23-8-9(6-19-23)20-15-18-7-11(16)14(22-15)21-12-5-3-2-4-10(12)13(17)24/h6-8,10,12H,2-5H2,1H3,(H2,17,24)(H2,18,20,21,22)/t10-,12+/m0/s1. The number of aromatic nitrogens is 4. The van der Waals surface area contributed by atoms with Crippen molar-refractivity contribution in [2.45, 2.75) is 31.7 Å². The monoisotopic (exact) mass is 349 g/mol. The summed E-state index contributed by atoms with van der Waals surface area (Å²) in [6.07, 6.45) is 8.72. The molecule has 24 heavy (non-hydrogen) atoms. The van der Waals surface area contributed by atoms with Crippen LogP contribution in [0.5, 0.6) is 0 Å². The smallest absolute Gasteiger partial charge is 0.229 e. The second kappa shape index (κ2) is 7.04. The Bertz CT molecular complexity index is 732. The van der Waals surface area contributed by atoms with Crippen LogP contribution in [0.25, 0.3) is 0 Å². The summed E-state index contributed by atoms with van der Waals surface area (Å²) in [4.78, 5) is 20.2. The topological polar surface area (TPSA) is 111 Å². The van der Waals surface area contributed by atoms with Gasteiger partial charge in [-0.1, -0.05) is 24.4 Å². The Morgan fingerprint density at radius 2 is 2.17 bits per heavy atom. The average Bonchev–Trinajstić information content (AvgIpc) is 2.96. The Kier molecular flexibility index (Phi) is 4.84. The van der Waals surface area contributed by atoms with Gasteiger partial charge in [0.05, 0.1) is 24.0 Å². The van der Waals surface area contributed by atoms with Gasteiger partial charge in [-0.05, 0) is 12.8 Å². The molecule has 1 fully saturated rings. The van der Waals surface area contributed by atoms with Crippen LogP contribution in [0.4, 0.5) is 17.5 Å². The van der Waals surface area contributed by atoms with Crippen LogP contribution in [0, 0.1) is 5.92 Å². The quantitative estimate of drug-likeness (QED) is 0.762. The highest BCUT2D eigenvalue weighted by Gasteiger charge is 2.30. The Morgan fingerprint density at radius 3 is 2.88 bits per heavy atom. The van der Waals surface area contributed by atoms with Crippen LogP contribution in [0.1, 0.15) is 25.7 Å². The largest absolute Gasteiger partial charge is 0.369 e. The summed E-state index contributed by atoms with van der Waals surface area (Å²) >= 11 is 6.20. The third-order valence-electron chi connectivity index (χ3n) is 4.16. The summed E-state index contributed by atoms with van der Waals surface area (Å²) in [5.74, 6) is 0.406. The molecule has 9 heteroatoms. The van der Waals surface area contributed by atoms with Crippen molar-refractivity contribution < 1.29 is 4.79 Å². The van der Waals surface area contributed by atoms with E-state index in [1.54, 1.807) is 10.9 Å². The molecule has 1 aliphatic carbocycles. The molecule has 0 spiro atoms. The van der Waals surface area contributed by atoms with Gasteiger partial charge in [-0.15, -0.1) is 0 Å². The molecule has 0 radical (unpaired) electrons. The van der Waals surface area contributed by atoms with Crippen LogP contribution in [-0.4, -0.2) is 31.7 Å². The summed E-state index contributed by atoms with van der Waals surface area (Å²) in [6.45, 7) is 0. The molecule has 0 aliphatic heterocycles. The molecule has 1 aliphatic rings. The van der Waals surface area contributed by atoms with E-state index in [9.17, 15) is 4.79 Å². The molecule has 0 bridgehead atoms. The molecule has 4 N–H and O–H groups in total. The van der Waals surface area contributed by atoms with E-state index in [-0.39, 0.29) is 17.9 Å². The van der Waals surface area contributed by atoms with Crippen molar-refractivity contribution in [3.05, 3.63) is 23.6 Å². The summed E-state index contributed by atoms with van der Waals surface area (Å²) in [5, 5.41) is 10.8. The fraction of sp³-hybridized carbons (Fsp3) is 0.467. The maximum atomic E-state index is 11.6. The fourth-order valence-corrected chi connectivity index (χ4v) is 3.11. The molecule has 1 saturated carbocycles. The molecule has 1 amide bonds. The minimum absolute atomic E-state index is 0.0603. The van der Waals surface area contributed by atoms with E-state index < -0.39 is 0 Å². The first-order valence-electron chi connectivity index (χ1n) is 7.87. The van der Waals surface area contributed by atoms with E-state index in [2.05, 4.69) is 25.7 Å². The predicted octanol–water partition coefficient (Wildman–Crippen LogP) is 2.06. The molecule has 3 rings (SSSR count). The van der Waals surface area contributed by atoms with Crippen molar-refractivity contribution in [3.63, 3.8) is 0 Å². The molecular weight excluding hydrogens is 330 g/mol. The third kappa shape index (κ3) is 3.76. The van der Waals surface area contributed by atoms with Crippen molar-refractivity contribution >= 4 is 35.0 Å². The molecule has 0 unspecified atom stereocenters. The lowest BCUT2D eigenvalue weighted by Gasteiger charge is -2.30. The zero-order chi connectivity index (χ0) is 17.1. The van der Waals surface area contributed by atoms with Gasteiger partial charge in [0.25, 0.3) is 0 Å². The van der Waals surface area contributed by atoms with Crippen LogP contribution in [-0.2, 0) is 11.8 Å². The van der Waals surface area contributed by atoms with E-state index in [4.69, 9.17) is 17.3 Å². The number of primary amides is 1. The molecule has 2 aromatic rings. The number of halogens is 1. The molecule has 2 heterocycles. The Balaban J connectivity index is 1.77. The maximum Gasteiger partial charge on any atom is 0.229 e. The number of carbonyl (C=O) groups excluding carboxylic acids is 1. The minimum Gasteiger partial charge on any atom is -0.369 e. The zero-order valence-electron chi connectivity index (χ0n) is 13.4. The molecule has 2 atom stereocenters. The van der Waals surface area contributed by atoms with E-state index in [1.165, 1.54) is 6.20 Å². The van der Waals surface area contributed by atoms with Gasteiger partial charge in [-0.3, -0.25) is 9.48 Å². The van der Waals surface area contributed by atoms with Gasteiger partial charge < -0.3 is 16.4 Å². The van der Waals surface area contributed by atoms with Gasteiger partial charge in [0.2, 0.25) is 11.9 Å². The van der Waals surface area contributed by atoms with Gasteiger partial charge in [0.1, 0.15) is 5.02 Å². The van der Waals surface area contributed by atoms with Crippen molar-refractivity contribution in [1.82, 2.24) is 19.7 Å². The van der Waals surface area contributed by atoms with Gasteiger partial charge >= 0.3 is 0 Å². The van der Waals surface area contributed by atoms with Crippen LogP contribution < -0.4 is 16.4 Å². The number of hydrogen-bond acceptors (Lipinski definition) is 6. The Morgan fingerprint density at radius 1 is 1.38 bits per heavy atom. The number of carbonyl (C=O) groups is 1. The normalized spacial score (nSPS) is 20.6. The van der Waals surface area contributed by atoms with E-state index in [0.29, 0.717) is 16.8 Å². The van der Waals surface area contributed by atoms with Crippen LogP contribution >= 0.6 is 11.6 Å². The zero-order valence-corrected chi connectivity index (χ0v) is 14.1. The van der Waals surface area contributed by atoms with Gasteiger partial charge in [0, 0.05) is 19.3 Å². The molecule has 2 aromatic heterocycles. The highest BCUT2D eigenvalue weighted by molar-refractivity contribution is 6.32. The lowest BCUT2D eigenvalue weighted by atomic mass is 9.84. The summed E-state index contributed by atoms with van der Waals surface area (Å²) in [7, 11) is 1.83. The van der Waals surface area contributed by atoms with Crippen molar-refractivity contribution in [2.75, 3.05) is 10.6 Å².